The summed E-state index contributed by atoms with van der Waals surface area (Å²) in [4.78, 5) is 2.34. The second kappa shape index (κ2) is 3.75. The van der Waals surface area contributed by atoms with Gasteiger partial charge in [-0.05, 0) is 33.4 Å². The van der Waals surface area contributed by atoms with Crippen LogP contribution in [0.2, 0.25) is 0 Å². The molecule has 2 nitrogen and oxygen atoms in total. The fourth-order valence-corrected chi connectivity index (χ4v) is 2.52. The lowest BCUT2D eigenvalue weighted by Gasteiger charge is -2.41. The summed E-state index contributed by atoms with van der Waals surface area (Å²) in [6.07, 6.45) is 6.37. The molecule has 1 aliphatic rings. The third-order valence-electron chi connectivity index (χ3n) is 3.49. The molecule has 2 heteroatoms. The molecule has 0 heterocycles. The van der Waals surface area contributed by atoms with Crippen LogP contribution in [0, 0.1) is 0 Å². The molecule has 0 saturated heterocycles. The number of hydrogen-bond donors (Lipinski definition) is 1. The van der Waals surface area contributed by atoms with Gasteiger partial charge >= 0.3 is 0 Å². The van der Waals surface area contributed by atoms with Crippen LogP contribution >= 0.6 is 0 Å². The highest BCUT2D eigenvalue weighted by Crippen LogP contribution is 2.36. The normalized spacial score (nSPS) is 24.8. The molecular formula is C10H22N2. The largest absolute Gasteiger partial charge is 0.326 e. The van der Waals surface area contributed by atoms with Gasteiger partial charge in [0.2, 0.25) is 0 Å². The Morgan fingerprint density at radius 1 is 1.33 bits per heavy atom. The van der Waals surface area contributed by atoms with Crippen molar-refractivity contribution in [2.24, 2.45) is 5.73 Å². The molecule has 12 heavy (non-hydrogen) atoms. The third kappa shape index (κ3) is 1.50. The number of nitrogens with zero attached hydrogens (tertiary/aromatic N) is 1. The maximum absolute atomic E-state index is 6.17. The van der Waals surface area contributed by atoms with Crippen molar-refractivity contribution in [3.63, 3.8) is 0 Å². The maximum Gasteiger partial charge on any atom is 0.0354 e. The Balaban J connectivity index is 2.71. The number of hydrogen-bond acceptors (Lipinski definition) is 2. The Hall–Kier alpha value is -0.0800. The zero-order valence-electron chi connectivity index (χ0n) is 8.64. The molecule has 0 radical (unpaired) electrons. The molecule has 1 atom stereocenters. The lowest BCUT2D eigenvalue weighted by atomic mass is 9.86. The predicted octanol–water partition coefficient (Wildman–Crippen LogP) is 1.60. The second-order valence-corrected chi connectivity index (χ2v) is 4.22. The smallest absolute Gasteiger partial charge is 0.0354 e. The van der Waals surface area contributed by atoms with Crippen LogP contribution in [0.25, 0.3) is 0 Å². The molecule has 0 spiro atoms. The monoisotopic (exact) mass is 170 g/mol. The van der Waals surface area contributed by atoms with Crippen molar-refractivity contribution < 1.29 is 0 Å². The van der Waals surface area contributed by atoms with Crippen LogP contribution < -0.4 is 5.73 Å². The highest BCUT2D eigenvalue weighted by atomic mass is 15.2. The Morgan fingerprint density at radius 3 is 2.17 bits per heavy atom. The van der Waals surface area contributed by atoms with E-state index < -0.39 is 0 Å². The standard InChI is InChI=1S/C10H22N2/c1-4-9(11)10(12(2)3)7-5-6-8-10/h9H,4-8,11H2,1-3H3. The van der Waals surface area contributed by atoms with E-state index in [4.69, 9.17) is 5.73 Å². The van der Waals surface area contributed by atoms with Gasteiger partial charge in [0, 0.05) is 11.6 Å². The molecule has 0 aromatic carbocycles. The third-order valence-corrected chi connectivity index (χ3v) is 3.49. The van der Waals surface area contributed by atoms with Crippen molar-refractivity contribution in [3.05, 3.63) is 0 Å². The van der Waals surface area contributed by atoms with E-state index in [0.717, 1.165) is 6.42 Å². The van der Waals surface area contributed by atoms with E-state index in [9.17, 15) is 0 Å². The van der Waals surface area contributed by atoms with Gasteiger partial charge in [0.1, 0.15) is 0 Å². The summed E-state index contributed by atoms with van der Waals surface area (Å²) >= 11 is 0. The van der Waals surface area contributed by atoms with Gasteiger partial charge in [-0.2, -0.15) is 0 Å². The highest BCUT2D eigenvalue weighted by Gasteiger charge is 2.40. The van der Waals surface area contributed by atoms with Crippen molar-refractivity contribution in [1.29, 1.82) is 0 Å². The van der Waals surface area contributed by atoms with Gasteiger partial charge in [-0.3, -0.25) is 0 Å². The summed E-state index contributed by atoms with van der Waals surface area (Å²) in [6.45, 7) is 2.19. The van der Waals surface area contributed by atoms with Crippen LogP contribution in [-0.4, -0.2) is 30.6 Å². The first-order chi connectivity index (χ1) is 5.63. The van der Waals surface area contributed by atoms with E-state index in [1.54, 1.807) is 0 Å². The minimum atomic E-state index is 0.314. The molecule has 2 N–H and O–H groups in total. The predicted molar refractivity (Wildman–Crippen MR) is 53.2 cm³/mol. The molecule has 1 rings (SSSR count). The number of nitrogens with two attached hydrogens (primary N) is 1. The Bertz CT molecular complexity index is 137. The summed E-state index contributed by atoms with van der Waals surface area (Å²) in [5, 5.41) is 0. The minimum absolute atomic E-state index is 0.314. The molecule has 0 amide bonds. The van der Waals surface area contributed by atoms with Gasteiger partial charge in [-0.15, -0.1) is 0 Å². The van der Waals surface area contributed by atoms with Crippen LogP contribution in [0.5, 0.6) is 0 Å². The van der Waals surface area contributed by atoms with E-state index in [1.165, 1.54) is 25.7 Å². The fourth-order valence-electron chi connectivity index (χ4n) is 2.52. The average molecular weight is 170 g/mol. The van der Waals surface area contributed by atoms with Crippen molar-refractivity contribution in [1.82, 2.24) is 4.90 Å². The SMILES string of the molecule is CCC(N)C1(N(C)C)CCCC1. The minimum Gasteiger partial charge on any atom is -0.326 e. The van der Waals surface area contributed by atoms with Gasteiger partial charge in [0.25, 0.3) is 0 Å². The Labute approximate surface area is 76.1 Å². The fraction of sp³-hybridized carbons (Fsp3) is 1.00. The summed E-state index contributed by atoms with van der Waals surface area (Å²) in [7, 11) is 4.34. The average Bonchev–Trinajstić information content (AvgIpc) is 2.52. The molecule has 1 fully saturated rings. The van der Waals surface area contributed by atoms with Crippen LogP contribution in [0.3, 0.4) is 0 Å². The first kappa shape index (κ1) is 10.0. The molecule has 1 unspecified atom stereocenters. The van der Waals surface area contributed by atoms with Crippen LogP contribution in [-0.2, 0) is 0 Å². The van der Waals surface area contributed by atoms with Gasteiger partial charge in [0.15, 0.2) is 0 Å². The zero-order chi connectivity index (χ0) is 9.19. The van der Waals surface area contributed by atoms with Crippen LogP contribution in [0.1, 0.15) is 39.0 Å². The first-order valence-corrected chi connectivity index (χ1v) is 5.06. The van der Waals surface area contributed by atoms with Crippen LogP contribution in [0.15, 0.2) is 0 Å². The van der Waals surface area contributed by atoms with Crippen molar-refractivity contribution >= 4 is 0 Å². The van der Waals surface area contributed by atoms with Gasteiger partial charge in [-0.25, -0.2) is 0 Å². The molecule has 0 aliphatic heterocycles. The van der Waals surface area contributed by atoms with Gasteiger partial charge in [-0.1, -0.05) is 19.8 Å². The van der Waals surface area contributed by atoms with Crippen molar-refractivity contribution in [2.45, 2.75) is 50.6 Å². The summed E-state index contributed by atoms with van der Waals surface area (Å²) in [6, 6.07) is 0.356. The van der Waals surface area contributed by atoms with Gasteiger partial charge in [0.05, 0.1) is 0 Å². The zero-order valence-corrected chi connectivity index (χ0v) is 8.64. The van der Waals surface area contributed by atoms with E-state index >= 15 is 0 Å². The Morgan fingerprint density at radius 2 is 1.83 bits per heavy atom. The van der Waals surface area contributed by atoms with Crippen molar-refractivity contribution in [3.8, 4) is 0 Å². The van der Waals surface area contributed by atoms with E-state index in [2.05, 4.69) is 25.9 Å². The first-order valence-electron chi connectivity index (χ1n) is 5.06. The van der Waals surface area contributed by atoms with Gasteiger partial charge < -0.3 is 10.6 Å². The molecule has 1 saturated carbocycles. The lowest BCUT2D eigenvalue weighted by molar-refractivity contribution is 0.121. The van der Waals surface area contributed by atoms with Crippen LogP contribution in [0.4, 0.5) is 0 Å². The topological polar surface area (TPSA) is 29.3 Å². The van der Waals surface area contributed by atoms with E-state index in [1.807, 2.05) is 0 Å². The summed E-state index contributed by atoms with van der Waals surface area (Å²) in [5.41, 5.74) is 6.49. The molecule has 1 aliphatic carbocycles. The molecule has 0 aromatic heterocycles. The highest BCUT2D eigenvalue weighted by molar-refractivity contribution is 4.99. The maximum atomic E-state index is 6.17. The van der Waals surface area contributed by atoms with E-state index in [0.29, 0.717) is 11.6 Å². The summed E-state index contributed by atoms with van der Waals surface area (Å²) < 4.78 is 0. The lowest BCUT2D eigenvalue weighted by Crippen LogP contribution is -2.55. The quantitative estimate of drug-likeness (QED) is 0.697. The second-order valence-electron chi connectivity index (χ2n) is 4.22. The number of likely N-dealkylation sites (N-methyl/N-ethyl adjacent to an activating group) is 1. The molecule has 0 aromatic rings. The molecular weight excluding hydrogens is 148 g/mol. The Kier molecular flexibility index (Phi) is 3.13. The molecule has 0 bridgehead atoms. The summed E-state index contributed by atoms with van der Waals surface area (Å²) in [5.74, 6) is 0. The van der Waals surface area contributed by atoms with Crippen molar-refractivity contribution in [2.75, 3.05) is 14.1 Å². The molecule has 72 valence electrons. The number of rotatable bonds is 3. The van der Waals surface area contributed by atoms with E-state index in [-0.39, 0.29) is 0 Å².